The maximum Gasteiger partial charge on any atom is 0.333 e. The molecule has 0 saturated heterocycles. The van der Waals surface area contributed by atoms with E-state index in [0.29, 0.717) is 25.2 Å². The quantitative estimate of drug-likeness (QED) is 0.408. The second-order valence-corrected chi connectivity index (χ2v) is 4.48. The van der Waals surface area contributed by atoms with E-state index in [0.717, 1.165) is 18.6 Å². The lowest BCUT2D eigenvalue weighted by atomic mass is 10.1. The van der Waals surface area contributed by atoms with Crippen molar-refractivity contribution in [3.63, 3.8) is 0 Å². The van der Waals surface area contributed by atoms with E-state index in [4.69, 9.17) is 9.47 Å². The SMILES string of the molecule is C=C(C)C(=O)OCCCOc1ccccc1CCC. The van der Waals surface area contributed by atoms with Crippen molar-refractivity contribution < 1.29 is 14.3 Å². The molecule has 0 unspecified atom stereocenters. The molecule has 0 aliphatic carbocycles. The van der Waals surface area contributed by atoms with E-state index in [9.17, 15) is 4.79 Å². The molecule has 0 heterocycles. The Hall–Kier alpha value is -1.77. The average molecular weight is 262 g/mol. The zero-order chi connectivity index (χ0) is 14.1. The van der Waals surface area contributed by atoms with Gasteiger partial charge in [0, 0.05) is 12.0 Å². The van der Waals surface area contributed by atoms with Crippen molar-refractivity contribution in [3.05, 3.63) is 42.0 Å². The van der Waals surface area contributed by atoms with Gasteiger partial charge in [0.2, 0.25) is 0 Å². The molecular weight excluding hydrogens is 240 g/mol. The minimum absolute atomic E-state index is 0.341. The van der Waals surface area contributed by atoms with Gasteiger partial charge < -0.3 is 9.47 Å². The van der Waals surface area contributed by atoms with Crippen LogP contribution in [-0.4, -0.2) is 19.2 Å². The number of ether oxygens (including phenoxy) is 2. The van der Waals surface area contributed by atoms with E-state index in [2.05, 4.69) is 19.6 Å². The molecule has 0 aliphatic rings. The Morgan fingerprint density at radius 2 is 2.00 bits per heavy atom. The maximum absolute atomic E-state index is 11.2. The van der Waals surface area contributed by atoms with Gasteiger partial charge in [0.15, 0.2) is 0 Å². The summed E-state index contributed by atoms with van der Waals surface area (Å²) in [6.45, 7) is 8.22. The van der Waals surface area contributed by atoms with E-state index in [1.54, 1.807) is 6.92 Å². The van der Waals surface area contributed by atoms with Crippen LogP contribution >= 0.6 is 0 Å². The molecule has 0 spiro atoms. The van der Waals surface area contributed by atoms with Gasteiger partial charge in [-0.25, -0.2) is 4.79 Å². The number of para-hydroxylation sites is 1. The fourth-order valence-corrected chi connectivity index (χ4v) is 1.65. The number of hydrogen-bond donors (Lipinski definition) is 0. The van der Waals surface area contributed by atoms with Crippen LogP contribution < -0.4 is 4.74 Å². The molecule has 104 valence electrons. The highest BCUT2D eigenvalue weighted by molar-refractivity contribution is 5.86. The summed E-state index contributed by atoms with van der Waals surface area (Å²) < 4.78 is 10.7. The molecule has 0 atom stereocenters. The molecule has 19 heavy (non-hydrogen) atoms. The summed E-state index contributed by atoms with van der Waals surface area (Å²) in [5, 5.41) is 0. The van der Waals surface area contributed by atoms with Gasteiger partial charge in [0.1, 0.15) is 5.75 Å². The van der Waals surface area contributed by atoms with Crippen LogP contribution in [0.3, 0.4) is 0 Å². The Balaban J connectivity index is 2.29. The first-order valence-corrected chi connectivity index (χ1v) is 6.68. The molecule has 0 radical (unpaired) electrons. The van der Waals surface area contributed by atoms with Gasteiger partial charge in [-0.05, 0) is 25.0 Å². The van der Waals surface area contributed by atoms with Crippen molar-refractivity contribution in [2.24, 2.45) is 0 Å². The average Bonchev–Trinajstić information content (AvgIpc) is 2.40. The zero-order valence-electron chi connectivity index (χ0n) is 11.8. The summed E-state index contributed by atoms with van der Waals surface area (Å²) in [6, 6.07) is 8.05. The Bertz CT molecular complexity index is 424. The molecule has 1 rings (SSSR count). The van der Waals surface area contributed by atoms with E-state index < -0.39 is 0 Å². The lowest BCUT2D eigenvalue weighted by molar-refractivity contribution is -0.139. The third kappa shape index (κ3) is 5.60. The molecule has 0 bridgehead atoms. The van der Waals surface area contributed by atoms with E-state index in [1.165, 1.54) is 5.56 Å². The van der Waals surface area contributed by atoms with Gasteiger partial charge >= 0.3 is 5.97 Å². The van der Waals surface area contributed by atoms with E-state index in [-0.39, 0.29) is 5.97 Å². The second-order valence-electron chi connectivity index (χ2n) is 4.48. The largest absolute Gasteiger partial charge is 0.493 e. The molecule has 0 N–H and O–H groups in total. The van der Waals surface area contributed by atoms with Gasteiger partial charge in [-0.15, -0.1) is 0 Å². The van der Waals surface area contributed by atoms with Crippen molar-refractivity contribution >= 4 is 5.97 Å². The fraction of sp³-hybridized carbons (Fsp3) is 0.438. The summed E-state index contributed by atoms with van der Waals surface area (Å²) in [7, 11) is 0. The molecule has 3 heteroatoms. The Kier molecular flexibility index (Phi) is 6.72. The molecule has 0 amide bonds. The van der Waals surface area contributed by atoms with Crippen molar-refractivity contribution in [3.8, 4) is 5.75 Å². The molecule has 1 aromatic rings. The van der Waals surface area contributed by atoms with Gasteiger partial charge in [-0.2, -0.15) is 0 Å². The van der Waals surface area contributed by atoms with Crippen LogP contribution in [0.25, 0.3) is 0 Å². The molecule has 3 nitrogen and oxygen atoms in total. The number of carbonyl (C=O) groups is 1. The first kappa shape index (κ1) is 15.3. The first-order valence-electron chi connectivity index (χ1n) is 6.68. The lowest BCUT2D eigenvalue weighted by Gasteiger charge is -2.11. The van der Waals surface area contributed by atoms with E-state index in [1.807, 2.05) is 18.2 Å². The Morgan fingerprint density at radius 1 is 1.26 bits per heavy atom. The third-order valence-electron chi connectivity index (χ3n) is 2.62. The Labute approximate surface area is 115 Å². The number of carbonyl (C=O) groups excluding carboxylic acids is 1. The van der Waals surface area contributed by atoms with Crippen LogP contribution in [0.2, 0.25) is 0 Å². The second kappa shape index (κ2) is 8.35. The normalized spacial score (nSPS) is 10.0. The summed E-state index contributed by atoms with van der Waals surface area (Å²) in [5.74, 6) is 0.585. The van der Waals surface area contributed by atoms with Gasteiger partial charge in [0.05, 0.1) is 13.2 Å². The highest BCUT2D eigenvalue weighted by Crippen LogP contribution is 2.19. The number of rotatable bonds is 8. The molecule has 0 aromatic heterocycles. The van der Waals surface area contributed by atoms with Crippen LogP contribution in [0.4, 0.5) is 0 Å². The summed E-state index contributed by atoms with van der Waals surface area (Å²) in [6.07, 6.45) is 2.79. The predicted octanol–water partition coefficient (Wildman–Crippen LogP) is 3.53. The molecule has 0 aliphatic heterocycles. The smallest absolute Gasteiger partial charge is 0.333 e. The predicted molar refractivity (Wildman–Crippen MR) is 76.3 cm³/mol. The Morgan fingerprint density at radius 3 is 2.68 bits per heavy atom. The standard InChI is InChI=1S/C16H22O3/c1-4-8-14-9-5-6-10-15(14)18-11-7-12-19-16(17)13(2)3/h5-6,9-10H,2,4,7-8,11-12H2,1,3H3. The van der Waals surface area contributed by atoms with Crippen LogP contribution in [0.5, 0.6) is 5.75 Å². The summed E-state index contributed by atoms with van der Waals surface area (Å²) in [5.41, 5.74) is 1.65. The zero-order valence-corrected chi connectivity index (χ0v) is 11.8. The van der Waals surface area contributed by atoms with Crippen molar-refractivity contribution in [1.29, 1.82) is 0 Å². The topological polar surface area (TPSA) is 35.5 Å². The van der Waals surface area contributed by atoms with Crippen molar-refractivity contribution in [2.45, 2.75) is 33.1 Å². The van der Waals surface area contributed by atoms with Gasteiger partial charge in [0.25, 0.3) is 0 Å². The number of benzene rings is 1. The molecule has 0 saturated carbocycles. The van der Waals surface area contributed by atoms with Gasteiger partial charge in [-0.3, -0.25) is 0 Å². The van der Waals surface area contributed by atoms with Crippen LogP contribution in [0.15, 0.2) is 36.4 Å². The van der Waals surface area contributed by atoms with E-state index >= 15 is 0 Å². The summed E-state index contributed by atoms with van der Waals surface area (Å²) >= 11 is 0. The number of esters is 1. The van der Waals surface area contributed by atoms with Crippen molar-refractivity contribution in [1.82, 2.24) is 0 Å². The van der Waals surface area contributed by atoms with Gasteiger partial charge in [-0.1, -0.05) is 38.1 Å². The summed E-state index contributed by atoms with van der Waals surface area (Å²) in [4.78, 5) is 11.2. The molecule has 1 aromatic carbocycles. The minimum atomic E-state index is -0.341. The highest BCUT2D eigenvalue weighted by Gasteiger charge is 2.04. The van der Waals surface area contributed by atoms with Crippen LogP contribution in [0.1, 0.15) is 32.3 Å². The monoisotopic (exact) mass is 262 g/mol. The maximum atomic E-state index is 11.2. The minimum Gasteiger partial charge on any atom is -0.493 e. The fourth-order valence-electron chi connectivity index (χ4n) is 1.65. The third-order valence-corrected chi connectivity index (χ3v) is 2.62. The van der Waals surface area contributed by atoms with Crippen LogP contribution in [0, 0.1) is 0 Å². The lowest BCUT2D eigenvalue weighted by Crippen LogP contribution is -2.09. The van der Waals surface area contributed by atoms with Crippen LogP contribution in [-0.2, 0) is 16.0 Å². The highest BCUT2D eigenvalue weighted by atomic mass is 16.5. The number of hydrogen-bond acceptors (Lipinski definition) is 3. The molecular formula is C16H22O3. The molecule has 0 fully saturated rings. The van der Waals surface area contributed by atoms with Crippen molar-refractivity contribution in [2.75, 3.05) is 13.2 Å². The first-order chi connectivity index (χ1) is 9.15. The number of aryl methyl sites for hydroxylation is 1.